The lowest BCUT2D eigenvalue weighted by Crippen LogP contribution is -2.42. The monoisotopic (exact) mass is 327 g/mol. The van der Waals surface area contributed by atoms with Crippen LogP contribution in [-0.4, -0.2) is 36.1 Å². The summed E-state index contributed by atoms with van der Waals surface area (Å²) in [5, 5.41) is 13.9. The maximum absolute atomic E-state index is 10.4. The van der Waals surface area contributed by atoms with Crippen molar-refractivity contribution in [3.63, 3.8) is 0 Å². The van der Waals surface area contributed by atoms with Crippen LogP contribution in [0, 0.1) is 5.41 Å². The van der Waals surface area contributed by atoms with Crippen molar-refractivity contribution in [3.05, 3.63) is 28.8 Å². The number of nitrogens with zero attached hydrogens (tertiary/aromatic N) is 2. The molecular formula is C20H29N3O. The minimum atomic E-state index is 0.426. The number of hydrogen-bond acceptors (Lipinski definition) is 2. The normalized spacial score (nSPS) is 22.4. The lowest BCUT2D eigenvalue weighted by molar-refractivity contribution is 0.151. The van der Waals surface area contributed by atoms with E-state index in [1.54, 1.807) is 0 Å². The van der Waals surface area contributed by atoms with E-state index in [1.807, 2.05) is 13.1 Å². The summed E-state index contributed by atoms with van der Waals surface area (Å²) < 4.78 is 0. The van der Waals surface area contributed by atoms with Crippen LogP contribution >= 0.6 is 0 Å². The van der Waals surface area contributed by atoms with Gasteiger partial charge in [0.1, 0.15) is 5.75 Å². The Morgan fingerprint density at radius 2 is 2.04 bits per heavy atom. The first-order valence-electron chi connectivity index (χ1n) is 9.49. The number of aromatic hydroxyl groups is 1. The quantitative estimate of drug-likeness (QED) is 0.648. The molecule has 2 aliphatic carbocycles. The van der Waals surface area contributed by atoms with Gasteiger partial charge in [-0.15, -0.1) is 0 Å². The van der Waals surface area contributed by atoms with Crippen LogP contribution in [0.1, 0.15) is 55.2 Å². The van der Waals surface area contributed by atoms with Gasteiger partial charge in [0.05, 0.1) is 0 Å². The Balaban J connectivity index is 1.46. The highest BCUT2D eigenvalue weighted by Crippen LogP contribution is 2.47. The van der Waals surface area contributed by atoms with Crippen molar-refractivity contribution in [2.24, 2.45) is 10.4 Å². The number of hydrogen-bond donors (Lipinski definition) is 2. The molecule has 1 aliphatic heterocycles. The van der Waals surface area contributed by atoms with Crippen molar-refractivity contribution in [1.82, 2.24) is 10.2 Å². The predicted octanol–water partition coefficient (Wildman–Crippen LogP) is 3.22. The summed E-state index contributed by atoms with van der Waals surface area (Å²) in [5.41, 5.74) is 4.43. The van der Waals surface area contributed by atoms with Gasteiger partial charge in [-0.25, -0.2) is 0 Å². The Bertz CT molecular complexity index is 649. The fourth-order valence-corrected chi connectivity index (χ4v) is 4.79. The van der Waals surface area contributed by atoms with E-state index in [9.17, 15) is 5.11 Å². The minimum absolute atomic E-state index is 0.426. The summed E-state index contributed by atoms with van der Waals surface area (Å²) in [6.45, 7) is 2.93. The van der Waals surface area contributed by atoms with Crippen LogP contribution in [0.25, 0.3) is 0 Å². The number of rotatable bonds is 2. The van der Waals surface area contributed by atoms with Crippen molar-refractivity contribution in [2.45, 2.75) is 57.9 Å². The van der Waals surface area contributed by atoms with Gasteiger partial charge in [-0.1, -0.05) is 12.5 Å². The van der Waals surface area contributed by atoms with Gasteiger partial charge >= 0.3 is 0 Å². The molecule has 1 saturated heterocycles. The summed E-state index contributed by atoms with van der Waals surface area (Å²) >= 11 is 0. The number of phenolic OH excluding ortho intramolecular Hbond substituents is 1. The molecule has 1 heterocycles. The van der Waals surface area contributed by atoms with E-state index in [-0.39, 0.29) is 0 Å². The Labute approximate surface area is 145 Å². The van der Waals surface area contributed by atoms with E-state index in [0.717, 1.165) is 37.5 Å². The molecule has 4 heteroatoms. The Hall–Kier alpha value is -1.71. The zero-order chi connectivity index (χ0) is 16.6. The number of likely N-dealkylation sites (tertiary alicyclic amines) is 1. The van der Waals surface area contributed by atoms with Crippen molar-refractivity contribution in [1.29, 1.82) is 0 Å². The molecule has 1 aromatic carbocycles. The van der Waals surface area contributed by atoms with E-state index in [1.165, 1.54) is 49.7 Å². The number of fused-ring (bicyclic) bond motifs is 1. The smallest absolute Gasteiger partial charge is 0.193 e. The highest BCUT2D eigenvalue weighted by Gasteiger charge is 2.43. The van der Waals surface area contributed by atoms with Gasteiger partial charge in [-0.3, -0.25) is 4.99 Å². The summed E-state index contributed by atoms with van der Waals surface area (Å²) in [6.07, 6.45) is 10.2. The Kier molecular flexibility index (Phi) is 4.15. The second-order valence-corrected chi connectivity index (χ2v) is 7.83. The SMILES string of the molecule is CN=C(NCc1c(O)ccc2c1CCCC2)N1CCC2(CCC2)C1. The van der Waals surface area contributed by atoms with Crippen LogP contribution in [0.3, 0.4) is 0 Å². The largest absolute Gasteiger partial charge is 0.508 e. The lowest BCUT2D eigenvalue weighted by atomic mass is 9.68. The minimum Gasteiger partial charge on any atom is -0.508 e. The third kappa shape index (κ3) is 2.76. The molecule has 2 N–H and O–H groups in total. The molecule has 0 atom stereocenters. The van der Waals surface area contributed by atoms with Crippen LogP contribution < -0.4 is 5.32 Å². The maximum atomic E-state index is 10.4. The van der Waals surface area contributed by atoms with Crippen LogP contribution in [0.5, 0.6) is 5.75 Å². The van der Waals surface area contributed by atoms with E-state index in [2.05, 4.69) is 21.3 Å². The van der Waals surface area contributed by atoms with Gasteiger partial charge < -0.3 is 15.3 Å². The van der Waals surface area contributed by atoms with Crippen molar-refractivity contribution < 1.29 is 5.11 Å². The van der Waals surface area contributed by atoms with Gasteiger partial charge in [0.2, 0.25) is 0 Å². The number of aryl methyl sites for hydroxylation is 1. The summed E-state index contributed by atoms with van der Waals surface area (Å²) in [7, 11) is 1.87. The zero-order valence-electron chi connectivity index (χ0n) is 14.8. The fraction of sp³-hybridized carbons (Fsp3) is 0.650. The Morgan fingerprint density at radius 3 is 2.75 bits per heavy atom. The molecule has 4 rings (SSSR count). The molecule has 0 aromatic heterocycles. The predicted molar refractivity (Wildman–Crippen MR) is 97.4 cm³/mol. The van der Waals surface area contributed by atoms with E-state index < -0.39 is 0 Å². The molecule has 1 saturated carbocycles. The van der Waals surface area contributed by atoms with Gasteiger partial charge in [0, 0.05) is 32.2 Å². The van der Waals surface area contributed by atoms with Crippen molar-refractivity contribution >= 4 is 5.96 Å². The molecule has 2 fully saturated rings. The van der Waals surface area contributed by atoms with Gasteiger partial charge in [0.15, 0.2) is 5.96 Å². The first kappa shape index (κ1) is 15.8. The topological polar surface area (TPSA) is 47.9 Å². The molecule has 0 amide bonds. The molecule has 4 nitrogen and oxygen atoms in total. The van der Waals surface area contributed by atoms with Crippen molar-refractivity contribution in [2.75, 3.05) is 20.1 Å². The Morgan fingerprint density at radius 1 is 1.21 bits per heavy atom. The highest BCUT2D eigenvalue weighted by molar-refractivity contribution is 5.80. The first-order chi connectivity index (χ1) is 11.7. The van der Waals surface area contributed by atoms with E-state index in [4.69, 9.17) is 0 Å². The fourth-order valence-electron chi connectivity index (χ4n) is 4.79. The summed E-state index contributed by atoms with van der Waals surface area (Å²) in [4.78, 5) is 6.91. The van der Waals surface area contributed by atoms with Gasteiger partial charge in [-0.2, -0.15) is 0 Å². The average Bonchev–Trinajstić information content (AvgIpc) is 3.03. The molecule has 130 valence electrons. The molecular weight excluding hydrogens is 298 g/mol. The zero-order valence-corrected chi connectivity index (χ0v) is 14.8. The van der Waals surface area contributed by atoms with Gasteiger partial charge in [0.25, 0.3) is 0 Å². The van der Waals surface area contributed by atoms with Crippen molar-refractivity contribution in [3.8, 4) is 5.75 Å². The molecule has 0 bridgehead atoms. The maximum Gasteiger partial charge on any atom is 0.193 e. The van der Waals surface area contributed by atoms with Crippen LogP contribution in [-0.2, 0) is 19.4 Å². The molecule has 1 aromatic rings. The van der Waals surface area contributed by atoms with Crippen LogP contribution in [0.2, 0.25) is 0 Å². The number of nitrogens with one attached hydrogen (secondary N) is 1. The molecule has 0 unspecified atom stereocenters. The number of guanidine groups is 1. The number of benzene rings is 1. The number of phenols is 1. The second kappa shape index (κ2) is 6.30. The molecule has 3 aliphatic rings. The van der Waals surface area contributed by atoms with Crippen LogP contribution in [0.4, 0.5) is 0 Å². The van der Waals surface area contributed by atoms with E-state index >= 15 is 0 Å². The average molecular weight is 327 g/mol. The third-order valence-electron chi connectivity index (χ3n) is 6.41. The van der Waals surface area contributed by atoms with Gasteiger partial charge in [-0.05, 0) is 67.6 Å². The van der Waals surface area contributed by atoms with E-state index in [0.29, 0.717) is 17.7 Å². The summed E-state index contributed by atoms with van der Waals surface area (Å²) in [5.74, 6) is 1.42. The lowest BCUT2D eigenvalue weighted by Gasteiger charge is -2.38. The third-order valence-corrected chi connectivity index (χ3v) is 6.41. The molecule has 24 heavy (non-hydrogen) atoms. The second-order valence-electron chi connectivity index (χ2n) is 7.83. The first-order valence-corrected chi connectivity index (χ1v) is 9.49. The number of aliphatic imine (C=N–C) groups is 1. The molecule has 0 radical (unpaired) electrons. The van der Waals surface area contributed by atoms with Crippen LogP contribution in [0.15, 0.2) is 17.1 Å². The summed E-state index contributed by atoms with van der Waals surface area (Å²) in [6, 6.07) is 3.96. The standard InChI is InChI=1S/C20H29N3O/c1-21-19(23-12-11-20(14-23)9-4-10-20)22-13-17-16-6-3-2-5-15(16)7-8-18(17)24/h7-8,24H,2-6,9-14H2,1H3,(H,21,22). The molecule has 1 spiro atoms. The highest BCUT2D eigenvalue weighted by atomic mass is 16.3.